The molecule has 11 heteroatoms. The maximum absolute atomic E-state index is 14.7. The van der Waals surface area contributed by atoms with Gasteiger partial charge in [0.15, 0.2) is 28.9 Å². The van der Waals surface area contributed by atoms with E-state index in [1.54, 1.807) is 24.3 Å². The molecule has 1 aromatic carbocycles. The average Bonchev–Trinajstić information content (AvgIpc) is 3.20. The lowest BCUT2D eigenvalue weighted by atomic mass is 10.2. The Bertz CT molecular complexity index is 1020. The van der Waals surface area contributed by atoms with Crippen LogP contribution in [0.5, 0.6) is 5.75 Å². The molecule has 0 bridgehead atoms. The van der Waals surface area contributed by atoms with Crippen molar-refractivity contribution in [2.45, 2.75) is 30.9 Å². The summed E-state index contributed by atoms with van der Waals surface area (Å²) < 4.78 is 36.3. The van der Waals surface area contributed by atoms with Crippen LogP contribution in [-0.4, -0.2) is 38.0 Å². The highest BCUT2D eigenvalue weighted by molar-refractivity contribution is 5.82. The molecule has 0 spiro atoms. The van der Waals surface area contributed by atoms with Crippen molar-refractivity contribution in [1.29, 1.82) is 5.53 Å². The van der Waals surface area contributed by atoms with Gasteiger partial charge in [0.1, 0.15) is 22.9 Å². The molecule has 3 aromatic rings. The van der Waals surface area contributed by atoms with E-state index in [1.165, 1.54) is 10.9 Å². The van der Waals surface area contributed by atoms with Crippen molar-refractivity contribution in [1.82, 2.24) is 24.4 Å². The third-order valence-electron chi connectivity index (χ3n) is 4.46. The normalized spacial score (nSPS) is 24.7. The molecule has 138 valence electrons. The molecule has 0 saturated heterocycles. The highest BCUT2D eigenvalue weighted by Crippen LogP contribution is 2.39. The van der Waals surface area contributed by atoms with Crippen LogP contribution in [-0.2, 0) is 0 Å². The molecular weight excluding hydrogens is 358 g/mol. The number of imidazole rings is 1. The zero-order valence-corrected chi connectivity index (χ0v) is 13.9. The number of halogens is 2. The smallest absolute Gasteiger partial charge is 0.340 e. The van der Waals surface area contributed by atoms with Crippen LogP contribution in [0.1, 0.15) is 12.5 Å². The van der Waals surface area contributed by atoms with Gasteiger partial charge in [-0.1, -0.05) is 18.2 Å². The van der Waals surface area contributed by atoms with Crippen LogP contribution in [0.2, 0.25) is 0 Å². The second-order valence-electron chi connectivity index (χ2n) is 6.09. The summed E-state index contributed by atoms with van der Waals surface area (Å²) in [5, 5.41) is 3.43. The van der Waals surface area contributed by atoms with Gasteiger partial charge >= 0.3 is 5.95 Å². The first-order valence-electron chi connectivity index (χ1n) is 8.16. The number of nitrogens with one attached hydrogen (secondary N) is 1. The number of fused-ring (bicyclic) bond motifs is 1. The fourth-order valence-corrected chi connectivity index (χ4v) is 3.23. The fraction of sp³-hybridized carbons (Fsp3) is 0.312. The van der Waals surface area contributed by atoms with E-state index in [0.717, 1.165) is 0 Å². The van der Waals surface area contributed by atoms with Gasteiger partial charge in [0.05, 0.1) is 12.4 Å². The number of alkyl halides is 2. The molecule has 1 fully saturated rings. The van der Waals surface area contributed by atoms with Crippen molar-refractivity contribution >= 4 is 22.9 Å². The number of nitrogen functional groups attached to an aromatic ring is 1. The minimum atomic E-state index is -1.81. The van der Waals surface area contributed by atoms with Gasteiger partial charge < -0.3 is 15.0 Å². The monoisotopic (exact) mass is 373 g/mol. The van der Waals surface area contributed by atoms with Crippen molar-refractivity contribution in [2.75, 3.05) is 5.73 Å². The molecule has 9 nitrogen and oxygen atoms in total. The zero-order chi connectivity index (χ0) is 19.0. The molecule has 4 atom stereocenters. The standard InChI is InChI=1S/C16H15F2N8O/c17-11-9(6-10(12(11)18)27-8-4-2-1-3-5-8)26-7-21-13-14(19)22-16(24-25-20)23-15(13)26/h1-5,7,9-12H,6H2,(H3,19,20,22,23,24)/q+1/t9-,10+,11-,12?/m1/s1. The van der Waals surface area contributed by atoms with Crippen LogP contribution < -0.4 is 15.4 Å². The lowest BCUT2D eigenvalue weighted by Crippen LogP contribution is -2.27. The van der Waals surface area contributed by atoms with E-state index < -0.39 is 24.5 Å². The number of aromatic nitrogens is 4. The first-order valence-corrected chi connectivity index (χ1v) is 8.16. The minimum Gasteiger partial charge on any atom is -0.487 e. The molecule has 1 aliphatic rings. The SMILES string of the molecule is N=[N+]=Nc1nc(N)c2ncn([C@@H]3C[C@H](Oc4ccccc4)C(F)[C@@H]3F)c2n1. The van der Waals surface area contributed by atoms with Gasteiger partial charge in [-0.3, -0.25) is 0 Å². The second-order valence-corrected chi connectivity index (χ2v) is 6.09. The first-order chi connectivity index (χ1) is 13.1. The fourth-order valence-electron chi connectivity index (χ4n) is 3.23. The van der Waals surface area contributed by atoms with E-state index in [2.05, 4.69) is 25.0 Å². The highest BCUT2D eigenvalue weighted by Gasteiger charge is 2.47. The lowest BCUT2D eigenvalue weighted by Gasteiger charge is -2.15. The van der Waals surface area contributed by atoms with Gasteiger partial charge in [0, 0.05) is 6.42 Å². The van der Waals surface area contributed by atoms with Crippen LogP contribution >= 0.6 is 0 Å². The summed E-state index contributed by atoms with van der Waals surface area (Å²) in [5.74, 6) is 0.334. The lowest BCUT2D eigenvalue weighted by molar-refractivity contribution is 0.0864. The Morgan fingerprint density at radius 1 is 1.22 bits per heavy atom. The van der Waals surface area contributed by atoms with E-state index >= 15 is 0 Å². The Morgan fingerprint density at radius 2 is 2.00 bits per heavy atom. The second kappa shape index (κ2) is 6.69. The number of benzene rings is 1. The molecular formula is C16H15F2N8O+. The quantitative estimate of drug-likeness (QED) is 0.536. The van der Waals surface area contributed by atoms with Crippen molar-refractivity contribution < 1.29 is 13.5 Å². The Morgan fingerprint density at radius 3 is 2.74 bits per heavy atom. The van der Waals surface area contributed by atoms with Crippen LogP contribution in [0.25, 0.3) is 11.2 Å². The Balaban J connectivity index is 1.68. The molecule has 3 N–H and O–H groups in total. The number of rotatable bonds is 4. The van der Waals surface area contributed by atoms with E-state index in [-0.39, 0.29) is 29.4 Å². The summed E-state index contributed by atoms with van der Waals surface area (Å²) >= 11 is 0. The summed E-state index contributed by atoms with van der Waals surface area (Å²) in [5.41, 5.74) is 13.0. The highest BCUT2D eigenvalue weighted by atomic mass is 19.2. The average molecular weight is 373 g/mol. The molecule has 0 aliphatic heterocycles. The van der Waals surface area contributed by atoms with E-state index in [4.69, 9.17) is 16.0 Å². The van der Waals surface area contributed by atoms with Gasteiger partial charge in [0.25, 0.3) is 0 Å². The molecule has 0 radical (unpaired) electrons. The van der Waals surface area contributed by atoms with Crippen LogP contribution in [0.4, 0.5) is 20.5 Å². The summed E-state index contributed by atoms with van der Waals surface area (Å²) in [4.78, 5) is 14.9. The first kappa shape index (κ1) is 17.0. The van der Waals surface area contributed by atoms with E-state index in [1.807, 2.05) is 6.07 Å². The zero-order valence-electron chi connectivity index (χ0n) is 13.9. The molecule has 0 amide bonds. The van der Waals surface area contributed by atoms with Crippen molar-refractivity contribution in [3.8, 4) is 5.75 Å². The predicted molar refractivity (Wildman–Crippen MR) is 91.0 cm³/mol. The largest absolute Gasteiger partial charge is 0.487 e. The Labute approximate surface area is 151 Å². The maximum Gasteiger partial charge on any atom is 0.340 e. The molecule has 2 aromatic heterocycles. The van der Waals surface area contributed by atoms with Crippen LogP contribution in [0.3, 0.4) is 0 Å². The number of hydrogen-bond donors (Lipinski definition) is 2. The summed E-state index contributed by atoms with van der Waals surface area (Å²) in [7, 11) is 0. The number of ether oxygens (including phenoxy) is 1. The number of para-hydroxylation sites is 1. The van der Waals surface area contributed by atoms with E-state index in [9.17, 15) is 8.78 Å². The van der Waals surface area contributed by atoms with Gasteiger partial charge in [-0.25, -0.2) is 13.8 Å². The molecule has 1 aliphatic carbocycles. The van der Waals surface area contributed by atoms with Gasteiger partial charge in [-0.2, -0.15) is 9.97 Å². The van der Waals surface area contributed by atoms with E-state index in [0.29, 0.717) is 5.75 Å². The van der Waals surface area contributed by atoms with Crippen molar-refractivity contribution in [3.63, 3.8) is 0 Å². The number of nitrogens with two attached hydrogens (primary N) is 1. The molecule has 4 rings (SSSR count). The van der Waals surface area contributed by atoms with Gasteiger partial charge in [0.2, 0.25) is 4.91 Å². The predicted octanol–water partition coefficient (Wildman–Crippen LogP) is 2.66. The Hall–Kier alpha value is -3.46. The van der Waals surface area contributed by atoms with Gasteiger partial charge in [-0.15, -0.1) is 0 Å². The van der Waals surface area contributed by atoms with Crippen LogP contribution in [0.15, 0.2) is 41.8 Å². The molecule has 1 unspecified atom stereocenters. The number of nitrogens with zero attached hydrogens (tertiary/aromatic N) is 6. The topological polar surface area (TPSA) is 129 Å². The molecule has 1 saturated carbocycles. The third kappa shape index (κ3) is 2.97. The molecule has 2 heterocycles. The maximum atomic E-state index is 14.7. The summed E-state index contributed by atoms with van der Waals surface area (Å²) in [6.45, 7) is 0. The van der Waals surface area contributed by atoms with Crippen molar-refractivity contribution in [3.05, 3.63) is 36.7 Å². The number of hydrogen-bond acceptors (Lipinski definition) is 7. The number of anilines is 1. The third-order valence-corrected chi connectivity index (χ3v) is 4.46. The Kier molecular flexibility index (Phi) is 4.21. The van der Waals surface area contributed by atoms with Gasteiger partial charge in [-0.05, 0) is 12.1 Å². The van der Waals surface area contributed by atoms with Crippen LogP contribution in [0, 0.1) is 5.53 Å². The van der Waals surface area contributed by atoms with Crippen molar-refractivity contribution in [2.24, 2.45) is 5.11 Å². The summed E-state index contributed by atoms with van der Waals surface area (Å²) in [6, 6.07) is 7.82. The summed E-state index contributed by atoms with van der Waals surface area (Å²) in [6.07, 6.45) is -3.14. The molecule has 27 heavy (non-hydrogen) atoms. The minimum absolute atomic E-state index is 0.0171.